The van der Waals surface area contributed by atoms with Crippen LogP contribution in [-0.2, 0) is 6.42 Å². The molecule has 22 heavy (non-hydrogen) atoms. The number of nitriles is 1. The fraction of sp³-hybridized carbons (Fsp3) is 0.235. The summed E-state index contributed by atoms with van der Waals surface area (Å²) < 4.78 is 1.46. The molecule has 0 aliphatic carbocycles. The maximum atomic E-state index is 12.6. The largest absolute Gasteiger partial charge is 0.289 e. The Labute approximate surface area is 127 Å². The molecular formula is C17H16N4O. The molecule has 0 atom stereocenters. The molecule has 0 aliphatic heterocycles. The normalized spacial score (nSPS) is 10.8. The maximum Gasteiger partial charge on any atom is 0.276 e. The average Bonchev–Trinajstić information content (AvgIpc) is 2.91. The van der Waals surface area contributed by atoms with Gasteiger partial charge in [-0.2, -0.15) is 5.26 Å². The molecule has 2 aromatic heterocycles. The number of fused-ring (bicyclic) bond motifs is 1. The number of nitrogens with zero attached hydrogens (tertiary/aromatic N) is 3. The van der Waals surface area contributed by atoms with Crippen molar-refractivity contribution in [3.8, 4) is 17.3 Å². The summed E-state index contributed by atoms with van der Waals surface area (Å²) in [5.74, 6) is 0. The third-order valence-electron chi connectivity index (χ3n) is 3.84. The summed E-state index contributed by atoms with van der Waals surface area (Å²) in [6, 6.07) is 11.9. The van der Waals surface area contributed by atoms with E-state index in [9.17, 15) is 4.79 Å². The van der Waals surface area contributed by atoms with Crippen LogP contribution in [0.15, 0.2) is 35.1 Å². The molecule has 0 saturated carbocycles. The van der Waals surface area contributed by atoms with Gasteiger partial charge in [-0.15, -0.1) is 0 Å². The van der Waals surface area contributed by atoms with Crippen LogP contribution in [0.1, 0.15) is 23.2 Å². The zero-order valence-corrected chi connectivity index (χ0v) is 12.6. The van der Waals surface area contributed by atoms with E-state index in [-0.39, 0.29) is 5.56 Å². The zero-order valence-electron chi connectivity index (χ0n) is 12.6. The van der Waals surface area contributed by atoms with Crippen molar-refractivity contribution in [3.63, 3.8) is 0 Å². The van der Waals surface area contributed by atoms with E-state index in [1.54, 1.807) is 0 Å². The Bertz CT molecular complexity index is 943. The number of rotatable bonds is 3. The van der Waals surface area contributed by atoms with Crippen LogP contribution in [0.5, 0.6) is 0 Å². The average molecular weight is 292 g/mol. The molecule has 0 aliphatic rings. The van der Waals surface area contributed by atoms with Gasteiger partial charge >= 0.3 is 0 Å². The van der Waals surface area contributed by atoms with E-state index in [0.29, 0.717) is 29.7 Å². The summed E-state index contributed by atoms with van der Waals surface area (Å²) >= 11 is 0. The molecule has 0 spiro atoms. The van der Waals surface area contributed by atoms with Gasteiger partial charge in [0.2, 0.25) is 0 Å². The lowest BCUT2D eigenvalue weighted by atomic mass is 10.1. The monoisotopic (exact) mass is 292 g/mol. The second-order valence-electron chi connectivity index (χ2n) is 5.32. The van der Waals surface area contributed by atoms with Crippen molar-refractivity contribution in [3.05, 3.63) is 57.5 Å². The van der Waals surface area contributed by atoms with E-state index >= 15 is 0 Å². The lowest BCUT2D eigenvalue weighted by molar-refractivity contribution is 0.840. The van der Waals surface area contributed by atoms with E-state index in [1.165, 1.54) is 4.52 Å². The van der Waals surface area contributed by atoms with Crippen LogP contribution in [0, 0.1) is 25.2 Å². The first-order valence-corrected chi connectivity index (χ1v) is 7.16. The summed E-state index contributed by atoms with van der Waals surface area (Å²) in [7, 11) is 0. The first-order valence-electron chi connectivity index (χ1n) is 7.16. The standard InChI is InChI=1S/C17H16N4O/c1-11-6-3-4-7-13(11)15-10-16-19-12(2)14(8-5-9-18)17(22)21(16)20-15/h3-4,6-7,10,20H,5,8H2,1-2H3. The van der Waals surface area contributed by atoms with Gasteiger partial charge in [-0.05, 0) is 25.8 Å². The van der Waals surface area contributed by atoms with Crippen LogP contribution in [0.3, 0.4) is 0 Å². The van der Waals surface area contributed by atoms with Gasteiger partial charge in [-0.25, -0.2) is 9.50 Å². The number of hydrogen-bond acceptors (Lipinski definition) is 3. The second kappa shape index (κ2) is 5.49. The summed E-state index contributed by atoms with van der Waals surface area (Å²) in [5, 5.41) is 11.8. The minimum absolute atomic E-state index is 0.127. The molecule has 0 saturated heterocycles. The smallest absolute Gasteiger partial charge is 0.276 e. The van der Waals surface area contributed by atoms with Gasteiger partial charge in [-0.3, -0.25) is 9.89 Å². The highest BCUT2D eigenvalue weighted by Crippen LogP contribution is 2.22. The summed E-state index contributed by atoms with van der Waals surface area (Å²) in [6.45, 7) is 3.84. The predicted octanol–water partition coefficient (Wildman–Crippen LogP) is 2.76. The Morgan fingerprint density at radius 2 is 2.09 bits per heavy atom. The lowest BCUT2D eigenvalue weighted by Gasteiger charge is -2.03. The number of aromatic amines is 1. The number of aryl methyl sites for hydroxylation is 2. The molecule has 1 aromatic carbocycles. The van der Waals surface area contributed by atoms with Gasteiger partial charge in [0, 0.05) is 29.3 Å². The number of benzene rings is 1. The molecule has 5 nitrogen and oxygen atoms in total. The quantitative estimate of drug-likeness (QED) is 0.806. The van der Waals surface area contributed by atoms with E-state index in [0.717, 1.165) is 16.8 Å². The van der Waals surface area contributed by atoms with Crippen molar-refractivity contribution in [2.24, 2.45) is 0 Å². The Balaban J connectivity index is 2.19. The van der Waals surface area contributed by atoms with Gasteiger partial charge < -0.3 is 0 Å². The van der Waals surface area contributed by atoms with Gasteiger partial charge in [0.05, 0.1) is 11.8 Å². The van der Waals surface area contributed by atoms with Gasteiger partial charge in [0.1, 0.15) is 0 Å². The Kier molecular flexibility index (Phi) is 3.51. The molecule has 1 N–H and O–H groups in total. The zero-order chi connectivity index (χ0) is 15.7. The highest BCUT2D eigenvalue weighted by molar-refractivity contribution is 5.67. The lowest BCUT2D eigenvalue weighted by Crippen LogP contribution is -2.21. The molecule has 110 valence electrons. The number of hydrogen-bond donors (Lipinski definition) is 1. The number of aromatic nitrogens is 3. The van der Waals surface area contributed by atoms with Crippen molar-refractivity contribution in [2.75, 3.05) is 0 Å². The fourth-order valence-electron chi connectivity index (χ4n) is 2.65. The van der Waals surface area contributed by atoms with Crippen LogP contribution >= 0.6 is 0 Å². The van der Waals surface area contributed by atoms with Gasteiger partial charge in [0.15, 0.2) is 5.65 Å². The maximum absolute atomic E-state index is 12.6. The third-order valence-corrected chi connectivity index (χ3v) is 3.84. The van der Waals surface area contributed by atoms with Crippen molar-refractivity contribution >= 4 is 5.65 Å². The predicted molar refractivity (Wildman–Crippen MR) is 84.7 cm³/mol. The number of H-pyrrole nitrogens is 1. The molecule has 5 heteroatoms. The van der Waals surface area contributed by atoms with E-state index in [2.05, 4.69) is 16.2 Å². The molecule has 0 fully saturated rings. The van der Waals surface area contributed by atoms with Crippen LogP contribution in [0.4, 0.5) is 0 Å². The van der Waals surface area contributed by atoms with Crippen LogP contribution in [-0.4, -0.2) is 14.6 Å². The molecule has 0 amide bonds. The molecule has 0 bridgehead atoms. The first-order chi connectivity index (χ1) is 10.6. The van der Waals surface area contributed by atoms with Crippen LogP contribution in [0.25, 0.3) is 16.9 Å². The minimum atomic E-state index is -0.127. The second-order valence-corrected chi connectivity index (χ2v) is 5.32. The fourth-order valence-corrected chi connectivity index (χ4v) is 2.65. The third kappa shape index (κ3) is 2.29. The molecule has 0 unspecified atom stereocenters. The summed E-state index contributed by atoms with van der Waals surface area (Å²) in [4.78, 5) is 17.1. The Hall–Kier alpha value is -2.87. The van der Waals surface area contributed by atoms with Crippen LogP contribution in [0.2, 0.25) is 0 Å². The minimum Gasteiger partial charge on any atom is -0.289 e. The van der Waals surface area contributed by atoms with Crippen LogP contribution < -0.4 is 5.56 Å². The topological polar surface area (TPSA) is 73.9 Å². The van der Waals surface area contributed by atoms with Gasteiger partial charge in [-0.1, -0.05) is 24.3 Å². The van der Waals surface area contributed by atoms with Crippen molar-refractivity contribution in [1.82, 2.24) is 14.6 Å². The number of nitrogens with one attached hydrogen (secondary N) is 1. The van der Waals surface area contributed by atoms with Crippen molar-refractivity contribution < 1.29 is 0 Å². The van der Waals surface area contributed by atoms with Crippen molar-refractivity contribution in [2.45, 2.75) is 26.7 Å². The highest BCUT2D eigenvalue weighted by atomic mass is 16.1. The van der Waals surface area contributed by atoms with Gasteiger partial charge in [0.25, 0.3) is 5.56 Å². The summed E-state index contributed by atoms with van der Waals surface area (Å²) in [6.07, 6.45) is 0.741. The Morgan fingerprint density at radius 1 is 1.32 bits per heavy atom. The first kappa shape index (κ1) is 14.1. The molecule has 0 radical (unpaired) electrons. The highest BCUT2D eigenvalue weighted by Gasteiger charge is 2.13. The van der Waals surface area contributed by atoms with E-state index in [1.807, 2.05) is 44.2 Å². The molecule has 2 heterocycles. The Morgan fingerprint density at radius 3 is 2.82 bits per heavy atom. The van der Waals surface area contributed by atoms with E-state index < -0.39 is 0 Å². The molecule has 3 aromatic rings. The van der Waals surface area contributed by atoms with Crippen molar-refractivity contribution in [1.29, 1.82) is 5.26 Å². The molecular weight excluding hydrogens is 276 g/mol. The summed E-state index contributed by atoms with van der Waals surface area (Å²) in [5.41, 5.74) is 4.79. The SMILES string of the molecule is Cc1ccccc1-c1cc2nc(C)c(CCC#N)c(=O)n2[nH]1. The van der Waals surface area contributed by atoms with E-state index in [4.69, 9.17) is 5.26 Å². The molecule has 3 rings (SSSR count).